The first-order valence-electron chi connectivity index (χ1n) is 7.88. The van der Waals surface area contributed by atoms with E-state index in [0.29, 0.717) is 12.0 Å². The molecule has 20 heavy (non-hydrogen) atoms. The lowest BCUT2D eigenvalue weighted by molar-refractivity contribution is -0.0630. The van der Waals surface area contributed by atoms with Gasteiger partial charge in [-0.05, 0) is 39.2 Å². The highest BCUT2D eigenvalue weighted by Crippen LogP contribution is 2.40. The number of rotatable bonds is 3. The first-order valence-corrected chi connectivity index (χ1v) is 7.88. The molecule has 5 nitrogen and oxygen atoms in total. The predicted molar refractivity (Wildman–Crippen MR) is 77.0 cm³/mol. The quantitative estimate of drug-likeness (QED) is 0.914. The van der Waals surface area contributed by atoms with E-state index in [1.807, 2.05) is 24.9 Å². The van der Waals surface area contributed by atoms with Crippen LogP contribution in [0.1, 0.15) is 51.1 Å². The van der Waals surface area contributed by atoms with Gasteiger partial charge in [-0.25, -0.2) is 0 Å². The Hall–Kier alpha value is -0.940. The van der Waals surface area contributed by atoms with E-state index in [-0.39, 0.29) is 0 Å². The van der Waals surface area contributed by atoms with E-state index in [1.54, 1.807) is 0 Å². The Morgan fingerprint density at radius 2 is 2.20 bits per heavy atom. The Balaban J connectivity index is 1.73. The molecule has 0 unspecified atom stereocenters. The average Bonchev–Trinajstić information content (AvgIpc) is 3.00. The van der Waals surface area contributed by atoms with Crippen LogP contribution in [0.15, 0.2) is 6.20 Å². The zero-order chi connectivity index (χ0) is 14.2. The van der Waals surface area contributed by atoms with Gasteiger partial charge in [0, 0.05) is 25.6 Å². The second-order valence-corrected chi connectivity index (χ2v) is 6.74. The van der Waals surface area contributed by atoms with Crippen molar-refractivity contribution in [3.05, 3.63) is 11.9 Å². The van der Waals surface area contributed by atoms with Gasteiger partial charge in [-0.2, -0.15) is 0 Å². The second-order valence-electron chi connectivity index (χ2n) is 6.74. The molecule has 1 aromatic rings. The molecule has 1 N–H and O–H groups in total. The largest absolute Gasteiger partial charge is 0.390 e. The summed E-state index contributed by atoms with van der Waals surface area (Å²) in [6.07, 6.45) is 8.86. The molecule has 0 bridgehead atoms. The Bertz CT molecular complexity index is 456. The van der Waals surface area contributed by atoms with Crippen molar-refractivity contribution >= 4 is 0 Å². The molecule has 0 aromatic carbocycles. The Kier molecular flexibility index (Phi) is 3.82. The minimum atomic E-state index is -0.490. The predicted octanol–water partition coefficient (Wildman–Crippen LogP) is 1.72. The van der Waals surface area contributed by atoms with Crippen LogP contribution in [0.2, 0.25) is 0 Å². The van der Waals surface area contributed by atoms with Gasteiger partial charge in [0.1, 0.15) is 0 Å². The molecule has 1 aliphatic carbocycles. The number of aliphatic hydroxyl groups is 1. The number of aryl methyl sites for hydroxylation is 1. The lowest BCUT2D eigenvalue weighted by Crippen LogP contribution is -2.48. The van der Waals surface area contributed by atoms with Gasteiger partial charge in [0.15, 0.2) is 0 Å². The van der Waals surface area contributed by atoms with Crippen LogP contribution >= 0.6 is 0 Å². The molecule has 0 amide bonds. The van der Waals surface area contributed by atoms with Crippen LogP contribution in [0.3, 0.4) is 0 Å². The summed E-state index contributed by atoms with van der Waals surface area (Å²) in [5, 5.41) is 18.7. The van der Waals surface area contributed by atoms with E-state index in [9.17, 15) is 5.11 Å². The maximum atomic E-state index is 10.7. The van der Waals surface area contributed by atoms with E-state index in [4.69, 9.17) is 0 Å². The number of likely N-dealkylation sites (tertiary alicyclic amines) is 1. The molecule has 0 radical (unpaired) electrons. The van der Waals surface area contributed by atoms with Crippen molar-refractivity contribution in [1.82, 2.24) is 19.9 Å². The van der Waals surface area contributed by atoms with E-state index in [1.165, 1.54) is 25.7 Å². The van der Waals surface area contributed by atoms with Gasteiger partial charge in [-0.15, -0.1) is 5.10 Å². The molecule has 1 aromatic heterocycles. The fourth-order valence-corrected chi connectivity index (χ4v) is 4.12. The average molecular weight is 278 g/mol. The molecule has 112 valence electrons. The molecular weight excluding hydrogens is 252 g/mol. The molecule has 0 spiro atoms. The van der Waals surface area contributed by atoms with Crippen molar-refractivity contribution in [1.29, 1.82) is 0 Å². The lowest BCUT2D eigenvalue weighted by Gasteiger charge is -2.43. The Morgan fingerprint density at radius 3 is 2.90 bits per heavy atom. The highest BCUT2D eigenvalue weighted by atomic mass is 16.3. The normalized spacial score (nSPS) is 35.5. The van der Waals surface area contributed by atoms with E-state index in [2.05, 4.69) is 15.2 Å². The van der Waals surface area contributed by atoms with Gasteiger partial charge >= 0.3 is 0 Å². The fraction of sp³-hybridized carbons (Fsp3) is 0.867. The molecule has 5 heteroatoms. The van der Waals surface area contributed by atoms with Crippen molar-refractivity contribution < 1.29 is 5.11 Å². The summed E-state index contributed by atoms with van der Waals surface area (Å²) >= 11 is 0. The van der Waals surface area contributed by atoms with Gasteiger partial charge in [-0.1, -0.05) is 18.1 Å². The van der Waals surface area contributed by atoms with Gasteiger partial charge in [-0.3, -0.25) is 9.58 Å². The van der Waals surface area contributed by atoms with Crippen LogP contribution in [0.5, 0.6) is 0 Å². The van der Waals surface area contributed by atoms with Crippen LogP contribution < -0.4 is 0 Å². The maximum Gasteiger partial charge on any atom is 0.0738 e. The first kappa shape index (κ1) is 14.0. The molecule has 2 aliphatic rings. The summed E-state index contributed by atoms with van der Waals surface area (Å²) in [6.45, 7) is 4.07. The summed E-state index contributed by atoms with van der Waals surface area (Å²) in [4.78, 5) is 2.53. The van der Waals surface area contributed by atoms with Gasteiger partial charge in [0.05, 0.1) is 17.5 Å². The van der Waals surface area contributed by atoms with Crippen LogP contribution in [-0.4, -0.2) is 43.2 Å². The molecule has 1 saturated heterocycles. The van der Waals surface area contributed by atoms with Gasteiger partial charge in [0.25, 0.3) is 0 Å². The third-order valence-corrected chi connectivity index (χ3v) is 5.30. The number of aromatic nitrogens is 3. The van der Waals surface area contributed by atoms with Crippen LogP contribution in [0, 0.1) is 5.92 Å². The summed E-state index contributed by atoms with van der Waals surface area (Å²) in [5.74, 6) is 0.417. The standard InChI is InChI=1S/C15H26N4O/c1-15(20)8-4-3-6-13(15)14-7-5-9-19(14)11-12-10-16-17-18(12)2/h10,13-14,20H,3-9,11H2,1-2H3/t13-,14+,15-/m0/s1. The smallest absolute Gasteiger partial charge is 0.0738 e. The Labute approximate surface area is 121 Å². The number of hydrogen-bond donors (Lipinski definition) is 1. The summed E-state index contributed by atoms with van der Waals surface area (Å²) in [6, 6.07) is 0.514. The SMILES string of the molecule is Cn1nncc1CN1CCC[C@@H]1[C@@H]1CCCC[C@]1(C)O. The lowest BCUT2D eigenvalue weighted by atomic mass is 9.72. The van der Waals surface area contributed by atoms with E-state index in [0.717, 1.165) is 31.6 Å². The van der Waals surface area contributed by atoms with Gasteiger partial charge < -0.3 is 5.11 Å². The topological polar surface area (TPSA) is 54.2 Å². The molecule has 2 heterocycles. The Morgan fingerprint density at radius 1 is 1.35 bits per heavy atom. The van der Waals surface area contributed by atoms with E-state index >= 15 is 0 Å². The molecule has 1 saturated carbocycles. The highest BCUT2D eigenvalue weighted by molar-refractivity contribution is 5.00. The third-order valence-electron chi connectivity index (χ3n) is 5.30. The number of hydrogen-bond acceptors (Lipinski definition) is 4. The summed E-state index contributed by atoms with van der Waals surface area (Å²) < 4.78 is 1.86. The highest BCUT2D eigenvalue weighted by Gasteiger charge is 2.43. The summed E-state index contributed by atoms with van der Waals surface area (Å²) in [5.41, 5.74) is 0.670. The van der Waals surface area contributed by atoms with Crippen molar-refractivity contribution in [3.63, 3.8) is 0 Å². The third kappa shape index (κ3) is 2.61. The minimum absolute atomic E-state index is 0.417. The second kappa shape index (κ2) is 5.45. The number of nitrogens with zero attached hydrogens (tertiary/aromatic N) is 4. The van der Waals surface area contributed by atoms with Crippen molar-refractivity contribution in [2.75, 3.05) is 6.54 Å². The van der Waals surface area contributed by atoms with Crippen molar-refractivity contribution in [2.24, 2.45) is 13.0 Å². The van der Waals surface area contributed by atoms with Crippen LogP contribution in [0.25, 0.3) is 0 Å². The molecular formula is C15H26N4O. The van der Waals surface area contributed by atoms with Crippen molar-refractivity contribution in [2.45, 2.75) is 63.6 Å². The van der Waals surface area contributed by atoms with Crippen LogP contribution in [0.4, 0.5) is 0 Å². The fourth-order valence-electron chi connectivity index (χ4n) is 4.12. The first-order chi connectivity index (χ1) is 9.58. The van der Waals surface area contributed by atoms with Gasteiger partial charge in [0.2, 0.25) is 0 Å². The molecule has 3 atom stereocenters. The molecule has 2 fully saturated rings. The maximum absolute atomic E-state index is 10.7. The summed E-state index contributed by atoms with van der Waals surface area (Å²) in [7, 11) is 1.95. The zero-order valence-electron chi connectivity index (χ0n) is 12.6. The van der Waals surface area contributed by atoms with E-state index < -0.39 is 5.60 Å². The van der Waals surface area contributed by atoms with Crippen molar-refractivity contribution in [3.8, 4) is 0 Å². The minimum Gasteiger partial charge on any atom is -0.390 e. The molecule has 3 rings (SSSR count). The molecule has 1 aliphatic heterocycles. The monoisotopic (exact) mass is 278 g/mol. The van der Waals surface area contributed by atoms with Crippen LogP contribution in [-0.2, 0) is 13.6 Å². The zero-order valence-corrected chi connectivity index (χ0v) is 12.6.